The van der Waals surface area contributed by atoms with E-state index in [0.717, 1.165) is 28.5 Å². The maximum atomic E-state index is 13.5. The largest absolute Gasteiger partial charge is 0.490 e. The molecule has 6 nitrogen and oxygen atoms in total. The van der Waals surface area contributed by atoms with Crippen molar-refractivity contribution in [1.82, 2.24) is 0 Å². The highest BCUT2D eigenvalue weighted by molar-refractivity contribution is 7.92. The van der Waals surface area contributed by atoms with E-state index in [1.54, 1.807) is 42.5 Å². The number of rotatable bonds is 9. The molecule has 1 N–H and O–H groups in total. The summed E-state index contributed by atoms with van der Waals surface area (Å²) in [6.07, 6.45) is 4.79. The first-order valence-electron chi connectivity index (χ1n) is 12.1. The molecule has 0 heterocycles. The predicted molar refractivity (Wildman–Crippen MR) is 139 cm³/mol. The third-order valence-electron chi connectivity index (χ3n) is 6.21. The number of hydrogen-bond acceptors (Lipinski definition) is 4. The molecule has 0 bridgehead atoms. The Bertz CT molecular complexity index is 1220. The number of hydrogen-bond donors (Lipinski definition) is 1. The van der Waals surface area contributed by atoms with Gasteiger partial charge in [0.05, 0.1) is 16.7 Å². The van der Waals surface area contributed by atoms with Gasteiger partial charge >= 0.3 is 0 Å². The zero-order valence-corrected chi connectivity index (χ0v) is 21.0. The van der Waals surface area contributed by atoms with Crippen LogP contribution in [-0.2, 0) is 14.8 Å². The lowest BCUT2D eigenvalue weighted by atomic mass is 10.0. The number of carbonyl (C=O) groups excluding carboxylic acids is 1. The van der Waals surface area contributed by atoms with Gasteiger partial charge in [0.25, 0.3) is 10.0 Å². The first-order chi connectivity index (χ1) is 16.8. The normalized spacial score (nSPS) is 14.1. The zero-order valence-electron chi connectivity index (χ0n) is 20.2. The Labute approximate surface area is 208 Å². The number of carbonyl (C=O) groups is 1. The highest BCUT2D eigenvalue weighted by atomic mass is 32.2. The van der Waals surface area contributed by atoms with Gasteiger partial charge in [-0.2, -0.15) is 0 Å². The SMILES string of the molecule is CC(C)c1ccc(N(CC(=O)Nc2ccc(OC3CCCC3)cc2)S(=O)(=O)c2ccccc2)cc1. The molecule has 184 valence electrons. The van der Waals surface area contributed by atoms with Gasteiger partial charge in [-0.25, -0.2) is 8.42 Å². The van der Waals surface area contributed by atoms with Gasteiger partial charge in [-0.15, -0.1) is 0 Å². The van der Waals surface area contributed by atoms with Crippen LogP contribution in [0.2, 0.25) is 0 Å². The van der Waals surface area contributed by atoms with Crippen molar-refractivity contribution in [3.63, 3.8) is 0 Å². The molecule has 0 aromatic heterocycles. The van der Waals surface area contributed by atoms with Crippen LogP contribution in [0.15, 0.2) is 83.8 Å². The van der Waals surface area contributed by atoms with Crippen LogP contribution >= 0.6 is 0 Å². The topological polar surface area (TPSA) is 75.7 Å². The molecule has 1 aliphatic rings. The Morgan fingerprint density at radius 1 is 0.943 bits per heavy atom. The maximum absolute atomic E-state index is 13.5. The van der Waals surface area contributed by atoms with Crippen LogP contribution in [0.5, 0.6) is 5.75 Å². The average molecular weight is 493 g/mol. The number of anilines is 2. The molecule has 1 fully saturated rings. The molecule has 3 aromatic rings. The molecule has 0 saturated heterocycles. The molecule has 1 saturated carbocycles. The van der Waals surface area contributed by atoms with Gasteiger partial charge in [-0.1, -0.05) is 44.2 Å². The van der Waals surface area contributed by atoms with E-state index in [1.807, 2.05) is 24.3 Å². The van der Waals surface area contributed by atoms with E-state index < -0.39 is 15.9 Å². The quantitative estimate of drug-likeness (QED) is 0.400. The highest BCUT2D eigenvalue weighted by Crippen LogP contribution is 2.27. The van der Waals surface area contributed by atoms with Crippen molar-refractivity contribution in [2.45, 2.75) is 56.4 Å². The van der Waals surface area contributed by atoms with Crippen molar-refractivity contribution >= 4 is 27.3 Å². The molecule has 0 atom stereocenters. The first-order valence-corrected chi connectivity index (χ1v) is 13.5. The van der Waals surface area contributed by atoms with Crippen molar-refractivity contribution in [2.24, 2.45) is 0 Å². The van der Waals surface area contributed by atoms with Crippen LogP contribution in [-0.4, -0.2) is 27.0 Å². The van der Waals surface area contributed by atoms with E-state index in [2.05, 4.69) is 19.2 Å². The lowest BCUT2D eigenvalue weighted by Crippen LogP contribution is -2.38. The van der Waals surface area contributed by atoms with Crippen LogP contribution < -0.4 is 14.4 Å². The van der Waals surface area contributed by atoms with Crippen LogP contribution in [0.3, 0.4) is 0 Å². The second kappa shape index (κ2) is 11.0. The molecule has 1 aliphatic carbocycles. The van der Waals surface area contributed by atoms with Crippen LogP contribution in [0.1, 0.15) is 51.0 Å². The predicted octanol–water partition coefficient (Wildman–Crippen LogP) is 5.97. The Balaban J connectivity index is 1.51. The van der Waals surface area contributed by atoms with Gasteiger partial charge in [-0.3, -0.25) is 9.10 Å². The summed E-state index contributed by atoms with van der Waals surface area (Å²) in [6, 6.07) is 22.7. The minimum absolute atomic E-state index is 0.133. The Hall–Kier alpha value is -3.32. The summed E-state index contributed by atoms with van der Waals surface area (Å²) in [5.74, 6) is 0.655. The zero-order chi connectivity index (χ0) is 24.8. The third-order valence-corrected chi connectivity index (χ3v) is 8.00. The fourth-order valence-corrected chi connectivity index (χ4v) is 5.65. The van der Waals surface area contributed by atoms with Gasteiger partial charge in [0, 0.05) is 5.69 Å². The molecule has 1 amide bonds. The minimum atomic E-state index is -3.94. The van der Waals surface area contributed by atoms with Crippen LogP contribution in [0.4, 0.5) is 11.4 Å². The van der Waals surface area contributed by atoms with Crippen molar-refractivity contribution < 1.29 is 17.9 Å². The van der Waals surface area contributed by atoms with Gasteiger partial charge in [0.1, 0.15) is 12.3 Å². The van der Waals surface area contributed by atoms with E-state index >= 15 is 0 Å². The smallest absolute Gasteiger partial charge is 0.264 e. The summed E-state index contributed by atoms with van der Waals surface area (Å²) in [5, 5.41) is 2.82. The number of amides is 1. The third kappa shape index (κ3) is 6.22. The molecule has 0 radical (unpaired) electrons. The van der Waals surface area contributed by atoms with Crippen LogP contribution in [0, 0.1) is 0 Å². The van der Waals surface area contributed by atoms with Crippen molar-refractivity contribution in [2.75, 3.05) is 16.2 Å². The molecule has 0 spiro atoms. The Kier molecular flexibility index (Phi) is 7.76. The summed E-state index contributed by atoms with van der Waals surface area (Å²) in [4.78, 5) is 13.1. The Morgan fingerprint density at radius 3 is 2.17 bits per heavy atom. The summed E-state index contributed by atoms with van der Waals surface area (Å²) in [7, 11) is -3.94. The molecular formula is C28H32N2O4S. The van der Waals surface area contributed by atoms with Gasteiger partial charge in [0.2, 0.25) is 5.91 Å². The van der Waals surface area contributed by atoms with Gasteiger partial charge in [-0.05, 0) is 85.7 Å². The molecule has 0 aliphatic heterocycles. The van der Waals surface area contributed by atoms with E-state index in [4.69, 9.17) is 4.74 Å². The summed E-state index contributed by atoms with van der Waals surface area (Å²) < 4.78 is 34.1. The number of nitrogens with zero attached hydrogens (tertiary/aromatic N) is 1. The summed E-state index contributed by atoms with van der Waals surface area (Å²) >= 11 is 0. The van der Waals surface area contributed by atoms with Gasteiger partial charge < -0.3 is 10.1 Å². The lowest BCUT2D eigenvalue weighted by molar-refractivity contribution is -0.114. The molecular weight excluding hydrogens is 460 g/mol. The Morgan fingerprint density at radius 2 is 1.57 bits per heavy atom. The lowest BCUT2D eigenvalue weighted by Gasteiger charge is -2.24. The molecule has 3 aromatic carbocycles. The standard InChI is InChI=1S/C28H32N2O4S/c1-21(2)22-12-16-24(17-13-22)30(35(32,33)27-10-4-3-5-11-27)20-28(31)29-23-14-18-26(19-15-23)34-25-8-6-7-9-25/h3-5,10-19,21,25H,6-9,20H2,1-2H3,(H,29,31). The summed E-state index contributed by atoms with van der Waals surface area (Å²) in [5.41, 5.74) is 2.12. The minimum Gasteiger partial charge on any atom is -0.490 e. The number of ether oxygens (including phenoxy) is 1. The van der Waals surface area contributed by atoms with Gasteiger partial charge in [0.15, 0.2) is 0 Å². The molecule has 7 heteroatoms. The second-order valence-corrected chi connectivity index (χ2v) is 11.0. The number of nitrogens with one attached hydrogen (secondary N) is 1. The van der Waals surface area contributed by atoms with Crippen molar-refractivity contribution in [3.8, 4) is 5.75 Å². The molecule has 4 rings (SSSR count). The fraction of sp³-hybridized carbons (Fsp3) is 0.321. The summed E-state index contributed by atoms with van der Waals surface area (Å²) in [6.45, 7) is 3.80. The van der Waals surface area contributed by atoms with E-state index in [1.165, 1.54) is 25.0 Å². The molecule has 0 unspecified atom stereocenters. The average Bonchev–Trinajstić information content (AvgIpc) is 3.37. The number of benzene rings is 3. The number of sulfonamides is 1. The van der Waals surface area contributed by atoms with Crippen molar-refractivity contribution in [3.05, 3.63) is 84.4 Å². The van der Waals surface area contributed by atoms with Crippen LogP contribution in [0.25, 0.3) is 0 Å². The van der Waals surface area contributed by atoms with E-state index in [0.29, 0.717) is 17.3 Å². The monoisotopic (exact) mass is 492 g/mol. The molecule has 35 heavy (non-hydrogen) atoms. The second-order valence-electron chi connectivity index (χ2n) is 9.17. The first kappa shape index (κ1) is 24.8. The van der Waals surface area contributed by atoms with E-state index in [9.17, 15) is 13.2 Å². The fourth-order valence-electron chi connectivity index (χ4n) is 4.21. The maximum Gasteiger partial charge on any atom is 0.264 e. The van der Waals surface area contributed by atoms with Crippen molar-refractivity contribution in [1.29, 1.82) is 0 Å². The van der Waals surface area contributed by atoms with E-state index in [-0.39, 0.29) is 17.5 Å². The highest BCUT2D eigenvalue weighted by Gasteiger charge is 2.27.